The average Bonchev–Trinajstić information content (AvgIpc) is 2.38. The van der Waals surface area contributed by atoms with E-state index in [0.717, 1.165) is 20.2 Å². The van der Waals surface area contributed by atoms with Crippen molar-refractivity contribution in [3.63, 3.8) is 0 Å². The van der Waals surface area contributed by atoms with Crippen LogP contribution >= 0.6 is 47.8 Å². The lowest BCUT2D eigenvalue weighted by Crippen LogP contribution is -2.01. The third-order valence-electron chi connectivity index (χ3n) is 2.65. The third-order valence-corrected chi connectivity index (χ3v) is 4.54. The second-order valence-electron chi connectivity index (χ2n) is 4.01. The summed E-state index contributed by atoms with van der Waals surface area (Å²) >= 11 is 10.2. The summed E-state index contributed by atoms with van der Waals surface area (Å²) in [5.41, 5.74) is 1.98. The van der Waals surface area contributed by atoms with Crippen molar-refractivity contribution >= 4 is 59.2 Å². The van der Waals surface area contributed by atoms with E-state index in [4.69, 9.17) is 0 Å². The molecule has 0 aliphatic heterocycles. The van der Waals surface area contributed by atoms with Gasteiger partial charge in [-0.2, -0.15) is 0 Å². The Labute approximate surface area is 141 Å². The highest BCUT2D eigenvalue weighted by molar-refractivity contribution is 9.11. The van der Waals surface area contributed by atoms with Crippen LogP contribution in [0.5, 0.6) is 0 Å². The number of nitro groups is 1. The van der Waals surface area contributed by atoms with Gasteiger partial charge in [-0.3, -0.25) is 10.1 Å². The molecule has 20 heavy (non-hydrogen) atoms. The Morgan fingerprint density at radius 1 is 1.05 bits per heavy atom. The minimum Gasteiger partial charge on any atom is -0.380 e. The molecule has 7 heteroatoms. The van der Waals surface area contributed by atoms with Crippen molar-refractivity contribution in [1.82, 2.24) is 0 Å². The average molecular weight is 465 g/mol. The summed E-state index contributed by atoms with van der Waals surface area (Å²) in [5, 5.41) is 14.0. The van der Waals surface area contributed by atoms with E-state index in [-0.39, 0.29) is 5.69 Å². The lowest BCUT2D eigenvalue weighted by Gasteiger charge is -2.10. The smallest absolute Gasteiger partial charge is 0.270 e. The minimum absolute atomic E-state index is 0.0745. The summed E-state index contributed by atoms with van der Waals surface area (Å²) in [7, 11) is 0. The van der Waals surface area contributed by atoms with Gasteiger partial charge in [0.05, 0.1) is 4.92 Å². The number of non-ortho nitro benzene ring substituents is 1. The molecule has 0 saturated heterocycles. The Morgan fingerprint density at radius 2 is 1.80 bits per heavy atom. The van der Waals surface area contributed by atoms with Crippen molar-refractivity contribution in [3.05, 3.63) is 65.5 Å². The van der Waals surface area contributed by atoms with Gasteiger partial charge in [-0.25, -0.2) is 0 Å². The molecule has 0 aliphatic carbocycles. The van der Waals surface area contributed by atoms with Gasteiger partial charge in [0.25, 0.3) is 5.69 Å². The first-order chi connectivity index (χ1) is 9.47. The Balaban J connectivity index is 2.13. The highest BCUT2D eigenvalue weighted by Gasteiger charge is 2.09. The number of nitrogens with one attached hydrogen (secondary N) is 1. The zero-order valence-electron chi connectivity index (χ0n) is 10.1. The van der Waals surface area contributed by atoms with Crippen LogP contribution in [-0.4, -0.2) is 4.92 Å². The van der Waals surface area contributed by atoms with E-state index < -0.39 is 4.92 Å². The zero-order valence-corrected chi connectivity index (χ0v) is 14.8. The van der Waals surface area contributed by atoms with E-state index in [2.05, 4.69) is 53.1 Å². The molecule has 0 bridgehead atoms. The Kier molecular flexibility index (Phi) is 5.17. The number of nitrogens with zero attached hydrogens (tertiary/aromatic N) is 1. The van der Waals surface area contributed by atoms with Crippen molar-refractivity contribution in [3.8, 4) is 0 Å². The normalized spacial score (nSPS) is 10.3. The van der Waals surface area contributed by atoms with Crippen LogP contribution in [0.25, 0.3) is 0 Å². The molecule has 4 nitrogen and oxygen atoms in total. The lowest BCUT2D eigenvalue weighted by molar-refractivity contribution is -0.384. The van der Waals surface area contributed by atoms with Crippen LogP contribution in [-0.2, 0) is 6.54 Å². The molecule has 104 valence electrons. The second kappa shape index (κ2) is 6.69. The van der Waals surface area contributed by atoms with Crippen molar-refractivity contribution in [2.45, 2.75) is 6.54 Å². The molecular formula is C13H9Br3N2O2. The van der Waals surface area contributed by atoms with Crippen molar-refractivity contribution in [2.24, 2.45) is 0 Å². The van der Waals surface area contributed by atoms with Crippen LogP contribution in [0.4, 0.5) is 11.4 Å². The minimum atomic E-state index is -0.409. The summed E-state index contributed by atoms with van der Waals surface area (Å²) in [6, 6.07) is 10.6. The quantitative estimate of drug-likeness (QED) is 0.480. The Bertz CT molecular complexity index is 662. The van der Waals surface area contributed by atoms with Crippen molar-refractivity contribution in [1.29, 1.82) is 0 Å². The van der Waals surface area contributed by atoms with Gasteiger partial charge < -0.3 is 5.32 Å². The first-order valence-corrected chi connectivity index (χ1v) is 7.97. The van der Waals surface area contributed by atoms with E-state index in [1.165, 1.54) is 12.1 Å². The van der Waals surface area contributed by atoms with Crippen LogP contribution in [0.2, 0.25) is 0 Å². The van der Waals surface area contributed by atoms with Gasteiger partial charge in [0.1, 0.15) is 0 Å². The summed E-state index contributed by atoms with van der Waals surface area (Å²) in [4.78, 5) is 10.3. The molecule has 0 amide bonds. The Hall–Kier alpha value is -0.920. The molecule has 0 radical (unpaired) electrons. The molecule has 2 rings (SSSR count). The van der Waals surface area contributed by atoms with Crippen LogP contribution < -0.4 is 5.32 Å². The molecule has 1 N–H and O–H groups in total. The number of hydrogen-bond donors (Lipinski definition) is 1. The van der Waals surface area contributed by atoms with Gasteiger partial charge in [-0.15, -0.1) is 0 Å². The molecule has 2 aromatic rings. The van der Waals surface area contributed by atoms with E-state index in [0.29, 0.717) is 11.0 Å². The molecule has 0 saturated carbocycles. The third kappa shape index (κ3) is 3.80. The maximum atomic E-state index is 10.7. The maximum absolute atomic E-state index is 10.7. The van der Waals surface area contributed by atoms with E-state index in [1.807, 2.05) is 18.2 Å². The number of hydrogen-bond acceptors (Lipinski definition) is 3. The number of nitro benzene ring substituents is 1. The summed E-state index contributed by atoms with van der Waals surface area (Å²) in [5.74, 6) is 0. The molecule has 2 aromatic carbocycles. The summed E-state index contributed by atoms with van der Waals surface area (Å²) in [6.45, 7) is 0.568. The molecule has 0 spiro atoms. The topological polar surface area (TPSA) is 55.2 Å². The number of anilines is 1. The fraction of sp³-hybridized carbons (Fsp3) is 0.0769. The van der Waals surface area contributed by atoms with E-state index in [9.17, 15) is 10.1 Å². The van der Waals surface area contributed by atoms with Gasteiger partial charge >= 0.3 is 0 Å². The predicted molar refractivity (Wildman–Crippen MR) is 90.0 cm³/mol. The Morgan fingerprint density at radius 3 is 2.40 bits per heavy atom. The van der Waals surface area contributed by atoms with Crippen molar-refractivity contribution in [2.75, 3.05) is 5.32 Å². The predicted octanol–water partition coefficient (Wildman–Crippen LogP) is 5.49. The van der Waals surface area contributed by atoms with Gasteiger partial charge in [-0.1, -0.05) is 31.9 Å². The SMILES string of the molecule is O=[N+]([O-])c1ccc(CNc2ccc(Br)cc2Br)c(Br)c1. The molecule has 0 unspecified atom stereocenters. The highest BCUT2D eigenvalue weighted by atomic mass is 79.9. The lowest BCUT2D eigenvalue weighted by atomic mass is 10.2. The second-order valence-corrected chi connectivity index (χ2v) is 6.63. The van der Waals surface area contributed by atoms with E-state index >= 15 is 0 Å². The van der Waals surface area contributed by atoms with Crippen LogP contribution in [0.3, 0.4) is 0 Å². The van der Waals surface area contributed by atoms with Gasteiger partial charge in [0.15, 0.2) is 0 Å². The van der Waals surface area contributed by atoms with Crippen LogP contribution in [0.1, 0.15) is 5.56 Å². The van der Waals surface area contributed by atoms with Crippen LogP contribution in [0, 0.1) is 10.1 Å². The zero-order chi connectivity index (χ0) is 14.7. The highest BCUT2D eigenvalue weighted by Crippen LogP contribution is 2.28. The summed E-state index contributed by atoms with van der Waals surface area (Å²) < 4.78 is 2.66. The standard InChI is InChI=1S/C13H9Br3N2O2/c14-9-2-4-13(12(16)5-9)17-7-8-1-3-10(18(19)20)6-11(8)15/h1-6,17H,7H2. The molecule has 0 atom stereocenters. The molecular weight excluding hydrogens is 456 g/mol. The molecule has 0 fully saturated rings. The largest absolute Gasteiger partial charge is 0.380 e. The fourth-order valence-corrected chi connectivity index (χ4v) is 3.31. The maximum Gasteiger partial charge on any atom is 0.270 e. The molecule has 0 aliphatic rings. The molecule has 0 aromatic heterocycles. The number of rotatable bonds is 4. The first kappa shape index (κ1) is 15.5. The van der Waals surface area contributed by atoms with E-state index in [1.54, 1.807) is 6.07 Å². The first-order valence-electron chi connectivity index (χ1n) is 5.59. The van der Waals surface area contributed by atoms with Gasteiger partial charge in [-0.05, 0) is 45.8 Å². The van der Waals surface area contributed by atoms with Gasteiger partial charge in [0.2, 0.25) is 0 Å². The number of halogens is 3. The van der Waals surface area contributed by atoms with Crippen LogP contribution in [0.15, 0.2) is 49.8 Å². The molecule has 0 heterocycles. The van der Waals surface area contributed by atoms with Gasteiger partial charge in [0, 0.05) is 37.8 Å². The summed E-state index contributed by atoms with van der Waals surface area (Å²) in [6.07, 6.45) is 0. The number of benzene rings is 2. The monoisotopic (exact) mass is 462 g/mol. The van der Waals surface area contributed by atoms with Crippen molar-refractivity contribution < 1.29 is 4.92 Å². The fourth-order valence-electron chi connectivity index (χ4n) is 1.62.